The predicted octanol–water partition coefficient (Wildman–Crippen LogP) is 0.346. The number of rotatable bonds is 4. The van der Waals surface area contributed by atoms with Crippen LogP contribution in [0.25, 0.3) is 5.69 Å². The first-order valence-corrected chi connectivity index (χ1v) is 7.58. The summed E-state index contributed by atoms with van der Waals surface area (Å²) in [6.45, 7) is 1.94. The molecular weight excluding hydrogens is 266 g/mol. The third-order valence-electron chi connectivity index (χ3n) is 2.82. The van der Waals surface area contributed by atoms with Crippen LogP contribution in [-0.2, 0) is 9.84 Å². The highest BCUT2D eigenvalue weighted by molar-refractivity contribution is 7.90. The van der Waals surface area contributed by atoms with Gasteiger partial charge in [-0.25, -0.2) is 8.42 Å². The largest absolute Gasteiger partial charge is 0.311 e. The Labute approximate surface area is 111 Å². The van der Waals surface area contributed by atoms with Crippen LogP contribution in [-0.4, -0.2) is 41.9 Å². The van der Waals surface area contributed by atoms with Crippen LogP contribution in [0.5, 0.6) is 0 Å². The molecule has 0 aliphatic carbocycles. The van der Waals surface area contributed by atoms with Crippen LogP contribution >= 0.6 is 0 Å². The van der Waals surface area contributed by atoms with E-state index in [0.29, 0.717) is 5.82 Å². The standard InChI is InChI=1S/C11H15N5O2S/c1-8(12-2)11-13-14-15-16(11)9-4-6-10(7-5-9)19(3,17)18/h4-8,12H,1-3H3. The number of benzene rings is 1. The molecule has 19 heavy (non-hydrogen) atoms. The molecule has 0 aliphatic rings. The SMILES string of the molecule is CNC(C)c1nnnn1-c1ccc(S(C)(=O)=O)cc1. The summed E-state index contributed by atoms with van der Waals surface area (Å²) in [4.78, 5) is 0.271. The molecule has 0 spiro atoms. The van der Waals surface area contributed by atoms with Crippen molar-refractivity contribution in [3.05, 3.63) is 30.1 Å². The van der Waals surface area contributed by atoms with Crippen LogP contribution in [0.4, 0.5) is 0 Å². The molecule has 7 nitrogen and oxygen atoms in total. The molecule has 1 heterocycles. The lowest BCUT2D eigenvalue weighted by Gasteiger charge is -2.10. The van der Waals surface area contributed by atoms with Gasteiger partial charge in [0.2, 0.25) is 0 Å². The molecule has 102 valence electrons. The Morgan fingerprint density at radius 2 is 1.89 bits per heavy atom. The lowest BCUT2D eigenvalue weighted by atomic mass is 10.3. The van der Waals surface area contributed by atoms with Crippen molar-refractivity contribution in [2.75, 3.05) is 13.3 Å². The Hall–Kier alpha value is -1.80. The lowest BCUT2D eigenvalue weighted by Crippen LogP contribution is -2.17. The summed E-state index contributed by atoms with van der Waals surface area (Å²) in [7, 11) is -1.38. The molecule has 0 radical (unpaired) electrons. The number of hydrogen-bond acceptors (Lipinski definition) is 6. The predicted molar refractivity (Wildman–Crippen MR) is 69.7 cm³/mol. The van der Waals surface area contributed by atoms with Crippen molar-refractivity contribution in [1.29, 1.82) is 0 Å². The molecular formula is C11H15N5O2S. The van der Waals surface area contributed by atoms with Gasteiger partial charge in [-0.1, -0.05) is 0 Å². The van der Waals surface area contributed by atoms with E-state index in [0.717, 1.165) is 5.69 Å². The summed E-state index contributed by atoms with van der Waals surface area (Å²) in [5, 5.41) is 14.6. The molecule has 1 atom stereocenters. The fraction of sp³-hybridized carbons (Fsp3) is 0.364. The van der Waals surface area contributed by atoms with Gasteiger partial charge in [0.15, 0.2) is 15.7 Å². The van der Waals surface area contributed by atoms with Gasteiger partial charge >= 0.3 is 0 Å². The van der Waals surface area contributed by atoms with E-state index >= 15 is 0 Å². The summed E-state index contributed by atoms with van der Waals surface area (Å²) in [5.41, 5.74) is 0.717. The Balaban J connectivity index is 2.41. The Kier molecular flexibility index (Phi) is 3.63. The lowest BCUT2D eigenvalue weighted by molar-refractivity contribution is 0.588. The van der Waals surface area contributed by atoms with Gasteiger partial charge in [-0.05, 0) is 48.7 Å². The van der Waals surface area contributed by atoms with Gasteiger partial charge in [0.25, 0.3) is 0 Å². The molecule has 1 unspecified atom stereocenters. The van der Waals surface area contributed by atoms with E-state index in [1.165, 1.54) is 6.26 Å². The topological polar surface area (TPSA) is 89.8 Å². The van der Waals surface area contributed by atoms with E-state index in [9.17, 15) is 8.42 Å². The molecule has 1 N–H and O–H groups in total. The molecule has 0 amide bonds. The highest BCUT2D eigenvalue weighted by atomic mass is 32.2. The summed E-state index contributed by atoms with van der Waals surface area (Å²) in [5.74, 6) is 0.662. The average molecular weight is 281 g/mol. The van der Waals surface area contributed by atoms with Crippen molar-refractivity contribution in [1.82, 2.24) is 25.5 Å². The molecule has 0 bridgehead atoms. The van der Waals surface area contributed by atoms with Gasteiger partial charge in [0, 0.05) is 6.26 Å². The minimum atomic E-state index is -3.19. The quantitative estimate of drug-likeness (QED) is 0.869. The minimum absolute atomic E-state index is 0.00964. The molecule has 1 aromatic carbocycles. The zero-order valence-corrected chi connectivity index (χ0v) is 11.7. The fourth-order valence-electron chi connectivity index (χ4n) is 1.61. The highest BCUT2D eigenvalue weighted by Crippen LogP contribution is 2.16. The summed E-state index contributed by atoms with van der Waals surface area (Å²) >= 11 is 0. The first-order chi connectivity index (χ1) is 8.93. The van der Waals surface area contributed by atoms with Crippen LogP contribution in [0.2, 0.25) is 0 Å². The smallest absolute Gasteiger partial charge is 0.175 e. The second-order valence-corrected chi connectivity index (χ2v) is 6.24. The minimum Gasteiger partial charge on any atom is -0.311 e. The molecule has 1 aromatic heterocycles. The number of nitrogens with zero attached hydrogens (tertiary/aromatic N) is 4. The Morgan fingerprint density at radius 1 is 1.26 bits per heavy atom. The van der Waals surface area contributed by atoms with Gasteiger partial charge in [-0.3, -0.25) is 0 Å². The third kappa shape index (κ3) is 2.79. The van der Waals surface area contributed by atoms with Crippen molar-refractivity contribution in [3.8, 4) is 5.69 Å². The van der Waals surface area contributed by atoms with E-state index in [4.69, 9.17) is 0 Å². The van der Waals surface area contributed by atoms with Crippen molar-refractivity contribution >= 4 is 9.84 Å². The molecule has 8 heteroatoms. The van der Waals surface area contributed by atoms with E-state index in [1.807, 2.05) is 14.0 Å². The van der Waals surface area contributed by atoms with Crippen LogP contribution < -0.4 is 5.32 Å². The molecule has 0 saturated heterocycles. The summed E-state index contributed by atoms with van der Waals surface area (Å²) < 4.78 is 24.4. The van der Waals surface area contributed by atoms with Gasteiger partial charge in [-0.15, -0.1) is 5.10 Å². The van der Waals surface area contributed by atoms with Gasteiger partial charge in [-0.2, -0.15) is 4.68 Å². The molecule has 2 rings (SSSR count). The second-order valence-electron chi connectivity index (χ2n) is 4.23. The highest BCUT2D eigenvalue weighted by Gasteiger charge is 2.14. The van der Waals surface area contributed by atoms with Crippen LogP contribution in [0.3, 0.4) is 0 Å². The Morgan fingerprint density at radius 3 is 2.42 bits per heavy atom. The zero-order valence-electron chi connectivity index (χ0n) is 10.9. The first kappa shape index (κ1) is 13.6. The monoisotopic (exact) mass is 281 g/mol. The maximum Gasteiger partial charge on any atom is 0.175 e. The van der Waals surface area contributed by atoms with Crippen molar-refractivity contribution < 1.29 is 8.42 Å². The van der Waals surface area contributed by atoms with Crippen LogP contribution in [0.15, 0.2) is 29.2 Å². The van der Waals surface area contributed by atoms with Gasteiger partial charge in [0.1, 0.15) is 0 Å². The fourth-order valence-corrected chi connectivity index (χ4v) is 2.24. The molecule has 0 aliphatic heterocycles. The summed E-state index contributed by atoms with van der Waals surface area (Å²) in [6, 6.07) is 6.43. The van der Waals surface area contributed by atoms with E-state index < -0.39 is 9.84 Å². The maximum absolute atomic E-state index is 11.4. The van der Waals surface area contributed by atoms with Crippen LogP contribution in [0, 0.1) is 0 Å². The van der Waals surface area contributed by atoms with Crippen molar-refractivity contribution in [3.63, 3.8) is 0 Å². The number of nitrogens with one attached hydrogen (secondary N) is 1. The number of sulfone groups is 1. The Bertz CT molecular complexity index is 663. The van der Waals surface area contributed by atoms with Crippen molar-refractivity contribution in [2.45, 2.75) is 17.9 Å². The van der Waals surface area contributed by atoms with E-state index in [-0.39, 0.29) is 10.9 Å². The third-order valence-corrected chi connectivity index (χ3v) is 3.95. The molecule has 2 aromatic rings. The number of aromatic nitrogens is 4. The van der Waals surface area contributed by atoms with E-state index in [1.54, 1.807) is 28.9 Å². The summed E-state index contributed by atoms with van der Waals surface area (Å²) in [6.07, 6.45) is 1.17. The normalized spacial score (nSPS) is 13.4. The number of tetrazole rings is 1. The van der Waals surface area contributed by atoms with Crippen molar-refractivity contribution in [2.24, 2.45) is 0 Å². The van der Waals surface area contributed by atoms with Crippen LogP contribution in [0.1, 0.15) is 18.8 Å². The molecule has 0 fully saturated rings. The molecule has 0 saturated carbocycles. The maximum atomic E-state index is 11.4. The second kappa shape index (κ2) is 5.06. The van der Waals surface area contributed by atoms with Gasteiger partial charge < -0.3 is 5.32 Å². The number of hydrogen-bond donors (Lipinski definition) is 1. The average Bonchev–Trinajstić information content (AvgIpc) is 2.86. The van der Waals surface area contributed by atoms with Gasteiger partial charge in [0.05, 0.1) is 16.6 Å². The zero-order chi connectivity index (χ0) is 14.0. The first-order valence-electron chi connectivity index (χ1n) is 5.69. The van der Waals surface area contributed by atoms with E-state index in [2.05, 4.69) is 20.8 Å².